The molecule has 3 rings (SSSR count). The van der Waals surface area contributed by atoms with Gasteiger partial charge in [-0.05, 0) is 36.8 Å². The van der Waals surface area contributed by atoms with Crippen LogP contribution >= 0.6 is 0 Å². The third kappa shape index (κ3) is 2.00. The lowest BCUT2D eigenvalue weighted by Gasteiger charge is -2.03. The van der Waals surface area contributed by atoms with E-state index in [0.29, 0.717) is 6.54 Å². The normalized spacial score (nSPS) is 11.1. The molecule has 0 unspecified atom stereocenters. The fraction of sp³-hybridized carbons (Fsp3) is 0.200. The lowest BCUT2D eigenvalue weighted by molar-refractivity contribution is 0.954. The number of rotatable bonds is 2. The van der Waals surface area contributed by atoms with Crippen molar-refractivity contribution in [3.8, 4) is 11.4 Å². The number of pyridine rings is 1. The maximum absolute atomic E-state index is 5.69. The molecular weight excluding hydrogens is 236 g/mol. The number of nitrogens with zero attached hydrogens (tertiary/aromatic N) is 3. The fourth-order valence-electron chi connectivity index (χ4n) is 2.22. The van der Waals surface area contributed by atoms with Crippen LogP contribution in [0.15, 0.2) is 36.5 Å². The van der Waals surface area contributed by atoms with E-state index >= 15 is 0 Å². The van der Waals surface area contributed by atoms with Crippen molar-refractivity contribution in [3.05, 3.63) is 47.8 Å². The van der Waals surface area contributed by atoms with Gasteiger partial charge in [-0.3, -0.25) is 4.98 Å². The number of aromatic nitrogens is 3. The third-order valence-corrected chi connectivity index (χ3v) is 3.35. The van der Waals surface area contributed by atoms with Gasteiger partial charge in [0.05, 0.1) is 11.0 Å². The van der Waals surface area contributed by atoms with Crippen molar-refractivity contribution in [1.29, 1.82) is 0 Å². The zero-order chi connectivity index (χ0) is 13.4. The molecule has 2 aromatic heterocycles. The molecule has 0 spiro atoms. The Balaban J connectivity index is 2.19. The minimum Gasteiger partial charge on any atom is -0.327 e. The van der Waals surface area contributed by atoms with Crippen molar-refractivity contribution >= 4 is 11.0 Å². The first-order valence-electron chi connectivity index (χ1n) is 6.27. The van der Waals surface area contributed by atoms with E-state index in [-0.39, 0.29) is 0 Å². The zero-order valence-electron chi connectivity index (χ0n) is 11.1. The number of hydrogen-bond donors (Lipinski definition) is 1. The molecule has 0 radical (unpaired) electrons. The van der Waals surface area contributed by atoms with Crippen LogP contribution in [0.5, 0.6) is 0 Å². The fourth-order valence-corrected chi connectivity index (χ4v) is 2.22. The molecule has 0 amide bonds. The van der Waals surface area contributed by atoms with E-state index in [1.807, 2.05) is 44.4 Å². The van der Waals surface area contributed by atoms with Gasteiger partial charge in [0, 0.05) is 31.0 Å². The Morgan fingerprint density at radius 2 is 2.05 bits per heavy atom. The largest absolute Gasteiger partial charge is 0.327 e. The second-order valence-electron chi connectivity index (χ2n) is 4.71. The number of aryl methyl sites for hydroxylation is 2. The molecule has 1 aromatic carbocycles. The molecule has 2 heterocycles. The first kappa shape index (κ1) is 11.9. The standard InChI is InChI=1S/C15H16N4/c1-10-3-5-12(9-17-10)15-18-13-6-4-11(8-16)7-14(13)19(15)2/h3-7,9H,8,16H2,1-2H3. The van der Waals surface area contributed by atoms with Gasteiger partial charge in [-0.1, -0.05) is 6.07 Å². The molecule has 19 heavy (non-hydrogen) atoms. The van der Waals surface area contributed by atoms with E-state index in [0.717, 1.165) is 33.7 Å². The molecule has 96 valence electrons. The van der Waals surface area contributed by atoms with Gasteiger partial charge in [-0.15, -0.1) is 0 Å². The van der Waals surface area contributed by atoms with Crippen LogP contribution in [0.2, 0.25) is 0 Å². The molecule has 0 aliphatic heterocycles. The molecule has 0 atom stereocenters. The quantitative estimate of drug-likeness (QED) is 0.762. The van der Waals surface area contributed by atoms with Gasteiger partial charge in [0.1, 0.15) is 5.82 Å². The van der Waals surface area contributed by atoms with Crippen molar-refractivity contribution in [2.75, 3.05) is 0 Å². The summed E-state index contributed by atoms with van der Waals surface area (Å²) in [5.74, 6) is 0.927. The minimum atomic E-state index is 0.544. The van der Waals surface area contributed by atoms with Crippen molar-refractivity contribution in [3.63, 3.8) is 0 Å². The molecule has 4 heteroatoms. The molecular formula is C15H16N4. The highest BCUT2D eigenvalue weighted by atomic mass is 15.1. The first-order chi connectivity index (χ1) is 9.19. The number of fused-ring (bicyclic) bond motifs is 1. The summed E-state index contributed by atoms with van der Waals surface area (Å²) in [6.07, 6.45) is 1.86. The molecule has 0 aliphatic rings. The molecule has 0 aliphatic carbocycles. The summed E-state index contributed by atoms with van der Waals surface area (Å²) in [4.78, 5) is 9.00. The zero-order valence-corrected chi connectivity index (χ0v) is 11.1. The van der Waals surface area contributed by atoms with Gasteiger partial charge >= 0.3 is 0 Å². The smallest absolute Gasteiger partial charge is 0.142 e. The summed E-state index contributed by atoms with van der Waals surface area (Å²) < 4.78 is 2.08. The minimum absolute atomic E-state index is 0.544. The molecule has 0 saturated heterocycles. The van der Waals surface area contributed by atoms with Crippen molar-refractivity contribution in [1.82, 2.24) is 14.5 Å². The number of imidazole rings is 1. The monoisotopic (exact) mass is 252 g/mol. The summed E-state index contributed by atoms with van der Waals surface area (Å²) in [6.45, 7) is 2.52. The van der Waals surface area contributed by atoms with E-state index in [2.05, 4.69) is 20.6 Å². The highest BCUT2D eigenvalue weighted by molar-refractivity contribution is 5.81. The molecule has 0 saturated carbocycles. The van der Waals surface area contributed by atoms with Gasteiger partial charge in [0.25, 0.3) is 0 Å². The third-order valence-electron chi connectivity index (χ3n) is 3.35. The van der Waals surface area contributed by atoms with E-state index in [4.69, 9.17) is 5.73 Å². The summed E-state index contributed by atoms with van der Waals surface area (Å²) >= 11 is 0. The van der Waals surface area contributed by atoms with Crippen molar-refractivity contribution in [2.24, 2.45) is 12.8 Å². The highest BCUT2D eigenvalue weighted by Crippen LogP contribution is 2.23. The van der Waals surface area contributed by atoms with Crippen LogP contribution < -0.4 is 5.73 Å². The summed E-state index contributed by atoms with van der Waals surface area (Å²) in [5, 5.41) is 0. The number of nitrogens with two attached hydrogens (primary N) is 1. The topological polar surface area (TPSA) is 56.7 Å². The van der Waals surface area contributed by atoms with E-state index < -0.39 is 0 Å². The average molecular weight is 252 g/mol. The van der Waals surface area contributed by atoms with Crippen molar-refractivity contribution in [2.45, 2.75) is 13.5 Å². The first-order valence-corrected chi connectivity index (χ1v) is 6.27. The molecule has 3 aromatic rings. The van der Waals surface area contributed by atoms with Gasteiger partial charge in [-0.2, -0.15) is 0 Å². The second kappa shape index (κ2) is 4.48. The van der Waals surface area contributed by atoms with E-state index in [1.54, 1.807) is 0 Å². The van der Waals surface area contributed by atoms with Gasteiger partial charge < -0.3 is 10.3 Å². The lowest BCUT2D eigenvalue weighted by atomic mass is 10.2. The van der Waals surface area contributed by atoms with Crippen LogP contribution in [0.25, 0.3) is 22.4 Å². The Morgan fingerprint density at radius 1 is 1.21 bits per heavy atom. The molecule has 0 fully saturated rings. The van der Waals surface area contributed by atoms with Crippen LogP contribution in [0, 0.1) is 6.92 Å². The predicted molar refractivity (Wildman–Crippen MR) is 76.6 cm³/mol. The Morgan fingerprint density at radius 3 is 2.74 bits per heavy atom. The Kier molecular flexibility index (Phi) is 2.80. The second-order valence-corrected chi connectivity index (χ2v) is 4.71. The van der Waals surface area contributed by atoms with Gasteiger partial charge in [0.15, 0.2) is 0 Å². The van der Waals surface area contributed by atoms with Crippen LogP contribution in [-0.2, 0) is 13.6 Å². The maximum Gasteiger partial charge on any atom is 0.142 e. The van der Waals surface area contributed by atoms with Crippen LogP contribution in [-0.4, -0.2) is 14.5 Å². The van der Waals surface area contributed by atoms with Gasteiger partial charge in [-0.25, -0.2) is 4.98 Å². The average Bonchev–Trinajstić information content (AvgIpc) is 2.76. The molecule has 2 N–H and O–H groups in total. The van der Waals surface area contributed by atoms with Crippen LogP contribution in [0.3, 0.4) is 0 Å². The Hall–Kier alpha value is -2.20. The summed E-state index contributed by atoms with van der Waals surface area (Å²) in [7, 11) is 2.02. The van der Waals surface area contributed by atoms with Crippen molar-refractivity contribution < 1.29 is 0 Å². The Labute approximate surface area is 111 Å². The number of hydrogen-bond acceptors (Lipinski definition) is 3. The molecule has 4 nitrogen and oxygen atoms in total. The SMILES string of the molecule is Cc1ccc(-c2nc3ccc(CN)cc3n2C)cn1. The van der Waals surface area contributed by atoms with Gasteiger partial charge in [0.2, 0.25) is 0 Å². The predicted octanol–water partition coefficient (Wildman–Crippen LogP) is 2.40. The van der Waals surface area contributed by atoms with E-state index in [1.165, 1.54) is 0 Å². The molecule has 0 bridgehead atoms. The summed E-state index contributed by atoms with van der Waals surface area (Å²) in [5.41, 5.74) is 10.9. The highest BCUT2D eigenvalue weighted by Gasteiger charge is 2.10. The number of benzene rings is 1. The van der Waals surface area contributed by atoms with Crippen LogP contribution in [0.1, 0.15) is 11.3 Å². The Bertz CT molecular complexity index is 726. The summed E-state index contributed by atoms with van der Waals surface area (Å²) in [6, 6.07) is 10.2. The van der Waals surface area contributed by atoms with Crippen LogP contribution in [0.4, 0.5) is 0 Å². The lowest BCUT2D eigenvalue weighted by Crippen LogP contribution is -1.97. The maximum atomic E-state index is 5.69. The van der Waals surface area contributed by atoms with E-state index in [9.17, 15) is 0 Å².